The minimum atomic E-state index is 0.136. The zero-order valence-corrected chi connectivity index (χ0v) is 17.6. The molecule has 0 aromatic heterocycles. The van der Waals surface area contributed by atoms with Crippen molar-refractivity contribution in [1.29, 1.82) is 0 Å². The lowest BCUT2D eigenvalue weighted by molar-refractivity contribution is 0.122. The molecule has 0 saturated carbocycles. The standard InChI is InChI=1S/C22H32N6O/c1-16(26-17-5-7-18(8-6-17)28-11-13-29-14-12-28)27-21-19(9-10-24-21)20(23)25-15-22(2,3)4/h5-10,25-26H,1,11-15,23H2,2-4H3,(H,24,27)/b20-19+. The van der Waals surface area contributed by atoms with Gasteiger partial charge in [-0.25, -0.2) is 4.99 Å². The molecule has 0 bridgehead atoms. The third kappa shape index (κ3) is 6.02. The number of hydrogen-bond donors (Lipinski definition) is 4. The Kier molecular flexibility index (Phi) is 6.49. The first-order chi connectivity index (χ1) is 13.8. The summed E-state index contributed by atoms with van der Waals surface area (Å²) in [6.07, 6.45) is 3.73. The number of rotatable bonds is 6. The number of benzene rings is 1. The Morgan fingerprint density at radius 2 is 1.93 bits per heavy atom. The summed E-state index contributed by atoms with van der Waals surface area (Å²) in [6.45, 7) is 14.7. The fraction of sp³-hybridized carbons (Fsp3) is 0.409. The highest BCUT2D eigenvalue weighted by molar-refractivity contribution is 6.04. The first-order valence-corrected chi connectivity index (χ1v) is 9.96. The summed E-state index contributed by atoms with van der Waals surface area (Å²) in [5, 5.41) is 9.64. The summed E-state index contributed by atoms with van der Waals surface area (Å²) in [5.74, 6) is 1.81. The molecule has 5 N–H and O–H groups in total. The predicted octanol–water partition coefficient (Wildman–Crippen LogP) is 2.73. The minimum Gasteiger partial charge on any atom is -0.385 e. The predicted molar refractivity (Wildman–Crippen MR) is 121 cm³/mol. The molecule has 0 unspecified atom stereocenters. The second kappa shape index (κ2) is 9.05. The summed E-state index contributed by atoms with van der Waals surface area (Å²) < 4.78 is 5.41. The number of amidine groups is 1. The Morgan fingerprint density at radius 3 is 2.59 bits per heavy atom. The van der Waals surface area contributed by atoms with E-state index >= 15 is 0 Å². The summed E-state index contributed by atoms with van der Waals surface area (Å²) >= 11 is 0. The molecule has 2 aliphatic rings. The number of nitrogens with two attached hydrogens (primary N) is 1. The van der Waals surface area contributed by atoms with Crippen LogP contribution in [0.15, 0.2) is 65.3 Å². The van der Waals surface area contributed by atoms with Gasteiger partial charge in [0.05, 0.1) is 18.8 Å². The van der Waals surface area contributed by atoms with Crippen molar-refractivity contribution in [2.45, 2.75) is 20.8 Å². The SMILES string of the molecule is C=C(/N=C1/NC=C/C1=C(/N)NCC(C)(C)C)Nc1ccc(N2CCOCC2)cc1. The first kappa shape index (κ1) is 20.8. The lowest BCUT2D eigenvalue weighted by atomic mass is 9.97. The molecule has 1 aromatic rings. The smallest absolute Gasteiger partial charge is 0.143 e. The zero-order chi connectivity index (χ0) is 20.9. The van der Waals surface area contributed by atoms with Crippen molar-refractivity contribution in [3.05, 3.63) is 60.3 Å². The topological polar surface area (TPSA) is 86.9 Å². The second-order valence-corrected chi connectivity index (χ2v) is 8.40. The van der Waals surface area contributed by atoms with Crippen LogP contribution in [0.5, 0.6) is 0 Å². The fourth-order valence-electron chi connectivity index (χ4n) is 3.03. The highest BCUT2D eigenvalue weighted by Gasteiger charge is 2.16. The monoisotopic (exact) mass is 396 g/mol. The Balaban J connectivity index is 1.62. The van der Waals surface area contributed by atoms with Crippen molar-refractivity contribution >= 4 is 17.2 Å². The van der Waals surface area contributed by atoms with Gasteiger partial charge >= 0.3 is 0 Å². The normalized spacial score (nSPS) is 19.8. The van der Waals surface area contributed by atoms with Crippen LogP contribution in [0.25, 0.3) is 0 Å². The third-order valence-electron chi connectivity index (χ3n) is 4.60. The molecular formula is C22H32N6O. The van der Waals surface area contributed by atoms with Crippen LogP contribution in [0, 0.1) is 5.41 Å². The van der Waals surface area contributed by atoms with Crippen molar-refractivity contribution in [1.82, 2.24) is 10.6 Å². The van der Waals surface area contributed by atoms with Crippen LogP contribution in [0.2, 0.25) is 0 Å². The van der Waals surface area contributed by atoms with E-state index in [4.69, 9.17) is 10.5 Å². The molecule has 1 saturated heterocycles. The second-order valence-electron chi connectivity index (χ2n) is 8.40. The van der Waals surface area contributed by atoms with E-state index < -0.39 is 0 Å². The van der Waals surface area contributed by atoms with E-state index in [9.17, 15) is 0 Å². The van der Waals surface area contributed by atoms with E-state index in [1.54, 1.807) is 0 Å². The maximum atomic E-state index is 6.23. The Hall–Kier alpha value is -2.93. The van der Waals surface area contributed by atoms with Crippen molar-refractivity contribution < 1.29 is 4.74 Å². The molecule has 0 atom stereocenters. The Bertz CT molecular complexity index is 811. The molecule has 7 heteroatoms. The largest absolute Gasteiger partial charge is 0.385 e. The van der Waals surface area contributed by atoms with Gasteiger partial charge in [0.2, 0.25) is 0 Å². The summed E-state index contributed by atoms with van der Waals surface area (Å²) in [7, 11) is 0. The van der Waals surface area contributed by atoms with Crippen LogP contribution in [0.1, 0.15) is 20.8 Å². The Labute approximate surface area is 173 Å². The Morgan fingerprint density at radius 1 is 1.24 bits per heavy atom. The first-order valence-electron chi connectivity index (χ1n) is 9.96. The summed E-state index contributed by atoms with van der Waals surface area (Å²) in [4.78, 5) is 6.88. The molecule has 0 amide bonds. The molecule has 3 rings (SSSR count). The van der Waals surface area contributed by atoms with Gasteiger partial charge < -0.3 is 31.3 Å². The van der Waals surface area contributed by atoms with Crippen LogP contribution in [-0.2, 0) is 4.74 Å². The van der Waals surface area contributed by atoms with Gasteiger partial charge in [0.25, 0.3) is 0 Å². The average Bonchev–Trinajstić information content (AvgIpc) is 3.15. The van der Waals surface area contributed by atoms with Gasteiger partial charge in [-0.1, -0.05) is 27.4 Å². The molecule has 29 heavy (non-hydrogen) atoms. The quantitative estimate of drug-likeness (QED) is 0.592. The number of hydrogen-bond acceptors (Lipinski definition) is 6. The van der Waals surface area contributed by atoms with Crippen LogP contribution in [-0.4, -0.2) is 38.7 Å². The number of anilines is 2. The van der Waals surface area contributed by atoms with Gasteiger partial charge in [-0.2, -0.15) is 0 Å². The molecule has 0 spiro atoms. The van der Waals surface area contributed by atoms with Crippen molar-refractivity contribution in [2.75, 3.05) is 43.1 Å². The van der Waals surface area contributed by atoms with Gasteiger partial charge in [-0.05, 0) is 35.8 Å². The molecule has 1 fully saturated rings. The lowest BCUT2D eigenvalue weighted by Crippen LogP contribution is -2.36. The molecule has 0 radical (unpaired) electrons. The van der Waals surface area contributed by atoms with Gasteiger partial charge in [0.15, 0.2) is 0 Å². The molecule has 2 aliphatic heterocycles. The van der Waals surface area contributed by atoms with Crippen molar-refractivity contribution in [3.8, 4) is 0 Å². The van der Waals surface area contributed by atoms with Gasteiger partial charge in [0, 0.05) is 37.2 Å². The zero-order valence-electron chi connectivity index (χ0n) is 17.6. The maximum Gasteiger partial charge on any atom is 0.143 e. The van der Waals surface area contributed by atoms with Gasteiger partial charge in [-0.3, -0.25) is 0 Å². The van der Waals surface area contributed by atoms with E-state index in [1.165, 1.54) is 5.69 Å². The molecule has 156 valence electrons. The molecular weight excluding hydrogens is 364 g/mol. The highest BCUT2D eigenvalue weighted by atomic mass is 16.5. The highest BCUT2D eigenvalue weighted by Crippen LogP contribution is 2.20. The number of nitrogens with zero attached hydrogens (tertiary/aromatic N) is 2. The van der Waals surface area contributed by atoms with Crippen LogP contribution < -0.4 is 26.6 Å². The average molecular weight is 397 g/mol. The summed E-state index contributed by atoms with van der Waals surface area (Å²) in [6, 6.07) is 8.27. The molecule has 1 aromatic carbocycles. The number of nitrogens with one attached hydrogen (secondary N) is 3. The van der Waals surface area contributed by atoms with Crippen LogP contribution in [0.3, 0.4) is 0 Å². The number of aliphatic imine (C=N–C) groups is 1. The van der Waals surface area contributed by atoms with Crippen LogP contribution >= 0.6 is 0 Å². The lowest BCUT2D eigenvalue weighted by Gasteiger charge is -2.28. The van der Waals surface area contributed by atoms with Gasteiger partial charge in [0.1, 0.15) is 17.5 Å². The van der Waals surface area contributed by atoms with E-state index in [1.807, 2.05) is 24.4 Å². The van der Waals surface area contributed by atoms with E-state index in [-0.39, 0.29) is 5.41 Å². The number of morpholine rings is 1. The molecule has 7 nitrogen and oxygen atoms in total. The minimum absolute atomic E-state index is 0.136. The van der Waals surface area contributed by atoms with E-state index in [0.717, 1.165) is 44.1 Å². The number of ether oxygens (including phenoxy) is 1. The third-order valence-corrected chi connectivity index (χ3v) is 4.60. The van der Waals surface area contributed by atoms with E-state index in [0.29, 0.717) is 17.5 Å². The van der Waals surface area contributed by atoms with E-state index in [2.05, 4.69) is 65.3 Å². The fourth-order valence-corrected chi connectivity index (χ4v) is 3.03. The van der Waals surface area contributed by atoms with Crippen LogP contribution in [0.4, 0.5) is 11.4 Å². The van der Waals surface area contributed by atoms with Crippen molar-refractivity contribution in [3.63, 3.8) is 0 Å². The molecule has 2 heterocycles. The van der Waals surface area contributed by atoms with Gasteiger partial charge in [-0.15, -0.1) is 0 Å². The van der Waals surface area contributed by atoms with Crippen molar-refractivity contribution in [2.24, 2.45) is 16.1 Å². The molecule has 0 aliphatic carbocycles. The summed E-state index contributed by atoms with van der Waals surface area (Å²) in [5.41, 5.74) is 9.33. The maximum absolute atomic E-state index is 6.23.